The van der Waals surface area contributed by atoms with Gasteiger partial charge in [0.25, 0.3) is 0 Å². The molecule has 0 fully saturated rings. The second-order valence-corrected chi connectivity index (χ2v) is 5.82. The van der Waals surface area contributed by atoms with Crippen LogP contribution in [0.15, 0.2) is 42.5 Å². The molecule has 2 aromatic carbocycles. The van der Waals surface area contributed by atoms with Crippen LogP contribution in [-0.4, -0.2) is 26.2 Å². The summed E-state index contributed by atoms with van der Waals surface area (Å²) in [6.07, 6.45) is 3.11. The van der Waals surface area contributed by atoms with Gasteiger partial charge in [0, 0.05) is 28.8 Å². The molecule has 1 heterocycles. The third-order valence-electron chi connectivity index (χ3n) is 3.71. The van der Waals surface area contributed by atoms with E-state index >= 15 is 0 Å². The molecule has 0 unspecified atom stereocenters. The van der Waals surface area contributed by atoms with Gasteiger partial charge in [-0.3, -0.25) is 4.79 Å². The monoisotopic (exact) mass is 359 g/mol. The molecule has 2 aromatic rings. The van der Waals surface area contributed by atoms with Crippen LogP contribution in [0, 0.1) is 0 Å². The first-order chi connectivity index (χ1) is 12.2. The summed E-state index contributed by atoms with van der Waals surface area (Å²) in [5, 5.41) is 3.41. The molecule has 1 aliphatic rings. The Morgan fingerprint density at radius 1 is 1.28 bits per heavy atom. The Balaban J connectivity index is 1.65. The zero-order chi connectivity index (χ0) is 17.6. The molecule has 0 spiro atoms. The van der Waals surface area contributed by atoms with Crippen molar-refractivity contribution in [3.63, 3.8) is 0 Å². The lowest BCUT2D eigenvalue weighted by Crippen LogP contribution is -2.22. The first-order valence-electron chi connectivity index (χ1n) is 7.84. The van der Waals surface area contributed by atoms with E-state index in [2.05, 4.69) is 5.32 Å². The Bertz CT molecular complexity index is 804. The second-order valence-electron chi connectivity index (χ2n) is 5.38. The molecule has 6 heteroatoms. The molecule has 1 amide bonds. The highest BCUT2D eigenvalue weighted by atomic mass is 35.5. The molecule has 130 valence electrons. The number of hydrogen-bond acceptors (Lipinski definition) is 4. The average molecular weight is 360 g/mol. The summed E-state index contributed by atoms with van der Waals surface area (Å²) in [6, 6.07) is 10.9. The highest BCUT2D eigenvalue weighted by molar-refractivity contribution is 6.30. The molecule has 3 rings (SSSR count). The predicted molar refractivity (Wildman–Crippen MR) is 96.3 cm³/mol. The molecule has 0 aliphatic carbocycles. The van der Waals surface area contributed by atoms with Gasteiger partial charge in [0.1, 0.15) is 19.0 Å². The highest BCUT2D eigenvalue weighted by Crippen LogP contribution is 2.33. The Labute approximate surface area is 151 Å². The van der Waals surface area contributed by atoms with Crippen molar-refractivity contribution >= 4 is 23.6 Å². The molecular weight excluding hydrogens is 342 g/mol. The van der Waals surface area contributed by atoms with Gasteiger partial charge < -0.3 is 19.5 Å². The van der Waals surface area contributed by atoms with Crippen LogP contribution in [0.3, 0.4) is 0 Å². The molecule has 0 saturated carbocycles. The smallest absolute Gasteiger partial charge is 0.244 e. The standard InChI is InChI=1S/C19H18ClNO4/c1-23-16-7-6-15(20)11-13(16)5-8-18(22)21-12-14-3-2-4-17-19(14)25-10-9-24-17/h2-8,11H,9-10,12H2,1H3,(H,21,22)/b8-5+. The number of rotatable bonds is 5. The number of halogens is 1. The fraction of sp³-hybridized carbons (Fsp3) is 0.211. The summed E-state index contributed by atoms with van der Waals surface area (Å²) >= 11 is 5.98. The van der Waals surface area contributed by atoms with Crippen LogP contribution >= 0.6 is 11.6 Å². The van der Waals surface area contributed by atoms with Gasteiger partial charge in [0.15, 0.2) is 11.5 Å². The normalized spacial score (nSPS) is 12.9. The average Bonchev–Trinajstić information content (AvgIpc) is 2.64. The van der Waals surface area contributed by atoms with Crippen molar-refractivity contribution in [2.75, 3.05) is 20.3 Å². The van der Waals surface area contributed by atoms with Crippen LogP contribution in [-0.2, 0) is 11.3 Å². The molecule has 1 N–H and O–H groups in total. The zero-order valence-corrected chi connectivity index (χ0v) is 14.5. The number of nitrogens with one attached hydrogen (secondary N) is 1. The van der Waals surface area contributed by atoms with Crippen molar-refractivity contribution in [1.29, 1.82) is 0 Å². The lowest BCUT2D eigenvalue weighted by molar-refractivity contribution is -0.116. The van der Waals surface area contributed by atoms with E-state index in [-0.39, 0.29) is 5.91 Å². The van der Waals surface area contributed by atoms with E-state index in [1.54, 1.807) is 31.4 Å². The SMILES string of the molecule is COc1ccc(Cl)cc1/C=C/C(=O)NCc1cccc2c1OCCO2. The van der Waals surface area contributed by atoms with E-state index in [0.717, 1.165) is 11.1 Å². The van der Waals surface area contributed by atoms with E-state index in [1.165, 1.54) is 6.08 Å². The second kappa shape index (κ2) is 7.94. The Hall–Kier alpha value is -2.66. The first-order valence-corrected chi connectivity index (χ1v) is 8.22. The molecule has 0 bridgehead atoms. The van der Waals surface area contributed by atoms with Gasteiger partial charge in [-0.1, -0.05) is 23.7 Å². The van der Waals surface area contributed by atoms with Gasteiger partial charge in [0.2, 0.25) is 5.91 Å². The van der Waals surface area contributed by atoms with Crippen LogP contribution < -0.4 is 19.5 Å². The van der Waals surface area contributed by atoms with Crippen molar-refractivity contribution in [2.45, 2.75) is 6.54 Å². The maximum absolute atomic E-state index is 12.1. The lowest BCUT2D eigenvalue weighted by atomic mass is 10.1. The first kappa shape index (κ1) is 17.2. The molecule has 25 heavy (non-hydrogen) atoms. The van der Waals surface area contributed by atoms with Crippen molar-refractivity contribution in [1.82, 2.24) is 5.32 Å². The molecule has 0 saturated heterocycles. The largest absolute Gasteiger partial charge is 0.496 e. The fourth-order valence-corrected chi connectivity index (χ4v) is 2.70. The summed E-state index contributed by atoms with van der Waals surface area (Å²) in [4.78, 5) is 12.1. The quantitative estimate of drug-likeness (QED) is 0.831. The number of fused-ring (bicyclic) bond motifs is 1. The van der Waals surface area contributed by atoms with E-state index < -0.39 is 0 Å². The van der Waals surface area contributed by atoms with E-state index in [0.29, 0.717) is 42.0 Å². The van der Waals surface area contributed by atoms with Gasteiger partial charge in [-0.15, -0.1) is 0 Å². The Morgan fingerprint density at radius 2 is 2.12 bits per heavy atom. The minimum absolute atomic E-state index is 0.226. The van der Waals surface area contributed by atoms with E-state index in [9.17, 15) is 4.79 Å². The Kier molecular flexibility index (Phi) is 5.46. The lowest BCUT2D eigenvalue weighted by Gasteiger charge is -2.20. The summed E-state index contributed by atoms with van der Waals surface area (Å²) in [5.74, 6) is 1.82. The topological polar surface area (TPSA) is 56.8 Å². The molecule has 5 nitrogen and oxygen atoms in total. The minimum atomic E-state index is -0.226. The highest BCUT2D eigenvalue weighted by Gasteiger charge is 2.15. The third kappa shape index (κ3) is 4.25. The van der Waals surface area contributed by atoms with Gasteiger partial charge in [-0.2, -0.15) is 0 Å². The molecular formula is C19H18ClNO4. The maximum Gasteiger partial charge on any atom is 0.244 e. The van der Waals surface area contributed by atoms with Crippen LogP contribution in [0.1, 0.15) is 11.1 Å². The summed E-state index contributed by atoms with van der Waals surface area (Å²) < 4.78 is 16.4. The number of ether oxygens (including phenoxy) is 3. The van der Waals surface area contributed by atoms with Crippen molar-refractivity contribution in [2.24, 2.45) is 0 Å². The van der Waals surface area contributed by atoms with Crippen molar-refractivity contribution in [3.8, 4) is 17.2 Å². The molecule has 0 radical (unpaired) electrons. The van der Waals surface area contributed by atoms with Crippen LogP contribution in [0.25, 0.3) is 6.08 Å². The third-order valence-corrected chi connectivity index (χ3v) is 3.94. The number of amides is 1. The van der Waals surface area contributed by atoms with Gasteiger partial charge >= 0.3 is 0 Å². The minimum Gasteiger partial charge on any atom is -0.496 e. The summed E-state index contributed by atoms with van der Waals surface area (Å²) in [5.41, 5.74) is 1.61. The van der Waals surface area contributed by atoms with Gasteiger partial charge in [-0.25, -0.2) is 0 Å². The zero-order valence-electron chi connectivity index (χ0n) is 13.8. The molecule has 0 atom stereocenters. The number of para-hydroxylation sites is 1. The van der Waals surface area contributed by atoms with Crippen molar-refractivity contribution < 1.29 is 19.0 Å². The summed E-state index contributed by atoms with van der Waals surface area (Å²) in [7, 11) is 1.57. The maximum atomic E-state index is 12.1. The number of hydrogen-bond donors (Lipinski definition) is 1. The van der Waals surface area contributed by atoms with Gasteiger partial charge in [0.05, 0.1) is 7.11 Å². The fourth-order valence-electron chi connectivity index (χ4n) is 2.52. The van der Waals surface area contributed by atoms with Crippen molar-refractivity contribution in [3.05, 3.63) is 58.6 Å². The number of carbonyl (C=O) groups is 1. The van der Waals surface area contributed by atoms with Crippen LogP contribution in [0.2, 0.25) is 5.02 Å². The van der Waals surface area contributed by atoms with Crippen LogP contribution in [0.5, 0.6) is 17.2 Å². The summed E-state index contributed by atoms with van der Waals surface area (Å²) in [6.45, 7) is 1.39. The van der Waals surface area contributed by atoms with E-state index in [1.807, 2.05) is 18.2 Å². The Morgan fingerprint density at radius 3 is 2.96 bits per heavy atom. The molecule has 0 aromatic heterocycles. The number of carbonyl (C=O) groups excluding carboxylic acids is 1. The number of methoxy groups -OCH3 is 1. The molecule has 1 aliphatic heterocycles. The predicted octanol–water partition coefficient (Wildman–Crippen LogP) is 3.45. The van der Waals surface area contributed by atoms with Crippen LogP contribution in [0.4, 0.5) is 0 Å². The number of benzene rings is 2. The van der Waals surface area contributed by atoms with Gasteiger partial charge in [-0.05, 0) is 30.3 Å². The van der Waals surface area contributed by atoms with E-state index in [4.69, 9.17) is 25.8 Å².